The number of nitrogens with two attached hydrogens (primary N) is 1. The number of halogens is 1. The van der Waals surface area contributed by atoms with Crippen LogP contribution in [-0.2, 0) is 6.54 Å². The van der Waals surface area contributed by atoms with E-state index in [9.17, 15) is 0 Å². The Hall–Kier alpha value is 0.1000. The zero-order valence-electron chi connectivity index (χ0n) is 7.72. The average Bonchev–Trinajstić information content (AvgIpc) is 2.51. The minimum Gasteiger partial charge on any atom is -0.330 e. The van der Waals surface area contributed by atoms with Crippen LogP contribution in [0.3, 0.4) is 0 Å². The first-order chi connectivity index (χ1) is 6.22. The molecule has 1 aromatic heterocycles. The summed E-state index contributed by atoms with van der Waals surface area (Å²) in [6.07, 6.45) is 0. The van der Waals surface area contributed by atoms with Gasteiger partial charge in [0.2, 0.25) is 0 Å². The van der Waals surface area contributed by atoms with Gasteiger partial charge in [-0.3, -0.25) is 0 Å². The van der Waals surface area contributed by atoms with E-state index in [1.807, 2.05) is 0 Å². The van der Waals surface area contributed by atoms with Gasteiger partial charge in [0.1, 0.15) is 0 Å². The van der Waals surface area contributed by atoms with E-state index in [1.165, 1.54) is 8.66 Å². The van der Waals surface area contributed by atoms with E-state index in [1.54, 1.807) is 11.3 Å². The van der Waals surface area contributed by atoms with Crippen LogP contribution >= 0.6 is 27.3 Å². The van der Waals surface area contributed by atoms with Gasteiger partial charge >= 0.3 is 0 Å². The van der Waals surface area contributed by atoms with Gasteiger partial charge in [0.25, 0.3) is 0 Å². The van der Waals surface area contributed by atoms with Crippen LogP contribution in [-0.4, -0.2) is 13.1 Å². The lowest BCUT2D eigenvalue weighted by atomic mass is 10.2. The molecule has 1 unspecified atom stereocenters. The van der Waals surface area contributed by atoms with Gasteiger partial charge in [-0.05, 0) is 47.1 Å². The number of rotatable bonds is 5. The van der Waals surface area contributed by atoms with Crippen molar-refractivity contribution in [3.05, 3.63) is 20.8 Å². The monoisotopic (exact) mass is 262 g/mol. The molecule has 1 atom stereocenters. The van der Waals surface area contributed by atoms with Crippen LogP contribution in [0.25, 0.3) is 0 Å². The zero-order chi connectivity index (χ0) is 9.68. The van der Waals surface area contributed by atoms with Crippen LogP contribution in [0.2, 0.25) is 0 Å². The first-order valence-electron chi connectivity index (χ1n) is 4.37. The highest BCUT2D eigenvalue weighted by molar-refractivity contribution is 9.11. The van der Waals surface area contributed by atoms with E-state index < -0.39 is 0 Å². The van der Waals surface area contributed by atoms with Gasteiger partial charge in [-0.1, -0.05) is 6.92 Å². The van der Waals surface area contributed by atoms with Crippen molar-refractivity contribution in [1.82, 2.24) is 5.32 Å². The summed E-state index contributed by atoms with van der Waals surface area (Å²) in [6.45, 7) is 4.84. The molecule has 74 valence electrons. The lowest BCUT2D eigenvalue weighted by Crippen LogP contribution is -2.25. The fourth-order valence-corrected chi connectivity index (χ4v) is 2.42. The summed E-state index contributed by atoms with van der Waals surface area (Å²) in [4.78, 5) is 1.36. The number of thiophene rings is 1. The zero-order valence-corrected chi connectivity index (χ0v) is 10.1. The molecule has 0 aromatic carbocycles. The molecule has 3 N–H and O–H groups in total. The molecule has 1 heterocycles. The van der Waals surface area contributed by atoms with Crippen molar-refractivity contribution in [3.63, 3.8) is 0 Å². The van der Waals surface area contributed by atoms with Gasteiger partial charge in [0, 0.05) is 11.4 Å². The molecule has 0 aliphatic rings. The molecule has 1 rings (SSSR count). The Labute approximate surface area is 91.7 Å². The second-order valence-corrected chi connectivity index (χ2v) is 5.73. The Morgan fingerprint density at radius 3 is 2.92 bits per heavy atom. The fraction of sp³-hybridized carbons (Fsp3) is 0.556. The third-order valence-electron chi connectivity index (χ3n) is 1.82. The molecule has 0 aliphatic carbocycles. The first kappa shape index (κ1) is 11.2. The molecule has 4 heteroatoms. The summed E-state index contributed by atoms with van der Waals surface area (Å²) in [6, 6.07) is 4.21. The number of nitrogens with one attached hydrogen (secondary N) is 1. The van der Waals surface area contributed by atoms with Crippen molar-refractivity contribution < 1.29 is 0 Å². The summed E-state index contributed by atoms with van der Waals surface area (Å²) in [5.74, 6) is 0.559. The molecule has 0 saturated heterocycles. The van der Waals surface area contributed by atoms with Gasteiger partial charge < -0.3 is 11.1 Å². The standard InChI is InChI=1S/C9H15BrN2S/c1-7(4-11)5-12-6-8-2-3-9(10)13-8/h2-3,7,12H,4-6,11H2,1H3. The van der Waals surface area contributed by atoms with Crippen molar-refractivity contribution in [3.8, 4) is 0 Å². The molecule has 2 nitrogen and oxygen atoms in total. The molecule has 0 amide bonds. The number of hydrogen-bond acceptors (Lipinski definition) is 3. The Kier molecular flexibility index (Phi) is 4.94. The lowest BCUT2D eigenvalue weighted by molar-refractivity contribution is 0.524. The summed E-state index contributed by atoms with van der Waals surface area (Å²) in [7, 11) is 0. The van der Waals surface area contributed by atoms with Crippen LogP contribution in [0, 0.1) is 5.92 Å². The molecule has 13 heavy (non-hydrogen) atoms. The van der Waals surface area contributed by atoms with Crippen molar-refractivity contribution in [2.45, 2.75) is 13.5 Å². The van der Waals surface area contributed by atoms with Crippen LogP contribution in [0.4, 0.5) is 0 Å². The second kappa shape index (κ2) is 5.75. The summed E-state index contributed by atoms with van der Waals surface area (Å²) < 4.78 is 1.19. The van der Waals surface area contributed by atoms with E-state index in [2.05, 4.69) is 40.3 Å². The molecule has 1 aromatic rings. The van der Waals surface area contributed by atoms with Crippen LogP contribution < -0.4 is 11.1 Å². The quantitative estimate of drug-likeness (QED) is 0.854. The maximum Gasteiger partial charge on any atom is 0.0701 e. The van der Waals surface area contributed by atoms with Crippen LogP contribution in [0.1, 0.15) is 11.8 Å². The first-order valence-corrected chi connectivity index (χ1v) is 5.98. The van der Waals surface area contributed by atoms with Crippen molar-refractivity contribution in [2.24, 2.45) is 11.7 Å². The van der Waals surface area contributed by atoms with Crippen molar-refractivity contribution >= 4 is 27.3 Å². The Bertz CT molecular complexity index is 250. The van der Waals surface area contributed by atoms with E-state index in [0.29, 0.717) is 5.92 Å². The third kappa shape index (κ3) is 4.22. The summed E-state index contributed by atoms with van der Waals surface area (Å²) in [5.41, 5.74) is 5.51. The minimum absolute atomic E-state index is 0.559. The van der Waals surface area contributed by atoms with E-state index in [4.69, 9.17) is 5.73 Å². The second-order valence-electron chi connectivity index (χ2n) is 3.18. The molecule has 0 radical (unpaired) electrons. The molecule has 0 fully saturated rings. The van der Waals surface area contributed by atoms with Gasteiger partial charge in [-0.2, -0.15) is 0 Å². The Balaban J connectivity index is 2.20. The van der Waals surface area contributed by atoms with Crippen molar-refractivity contribution in [2.75, 3.05) is 13.1 Å². The normalized spacial score (nSPS) is 13.2. The summed E-state index contributed by atoms with van der Waals surface area (Å²) in [5, 5.41) is 3.38. The SMILES string of the molecule is CC(CN)CNCc1ccc(Br)s1. The van der Waals surface area contributed by atoms with E-state index in [0.717, 1.165) is 19.6 Å². The van der Waals surface area contributed by atoms with Crippen LogP contribution in [0.5, 0.6) is 0 Å². The maximum atomic E-state index is 5.51. The van der Waals surface area contributed by atoms with Gasteiger partial charge in [0.05, 0.1) is 3.79 Å². The molecular weight excluding hydrogens is 248 g/mol. The number of hydrogen-bond donors (Lipinski definition) is 2. The average molecular weight is 263 g/mol. The topological polar surface area (TPSA) is 38.0 Å². The highest BCUT2D eigenvalue weighted by atomic mass is 79.9. The Morgan fingerprint density at radius 1 is 1.62 bits per heavy atom. The van der Waals surface area contributed by atoms with Crippen LogP contribution in [0.15, 0.2) is 15.9 Å². The molecular formula is C9H15BrN2S. The van der Waals surface area contributed by atoms with E-state index in [-0.39, 0.29) is 0 Å². The highest BCUT2D eigenvalue weighted by Gasteiger charge is 1.99. The predicted octanol–water partition coefficient (Wildman–Crippen LogP) is 2.20. The van der Waals surface area contributed by atoms with Gasteiger partial charge in [-0.15, -0.1) is 11.3 Å². The smallest absolute Gasteiger partial charge is 0.0701 e. The Morgan fingerprint density at radius 2 is 2.38 bits per heavy atom. The lowest BCUT2D eigenvalue weighted by Gasteiger charge is -2.08. The minimum atomic E-state index is 0.559. The molecule has 0 aliphatic heterocycles. The third-order valence-corrected chi connectivity index (χ3v) is 3.45. The van der Waals surface area contributed by atoms with Crippen molar-refractivity contribution in [1.29, 1.82) is 0 Å². The van der Waals surface area contributed by atoms with Gasteiger partial charge in [-0.25, -0.2) is 0 Å². The largest absolute Gasteiger partial charge is 0.330 e. The highest BCUT2D eigenvalue weighted by Crippen LogP contribution is 2.21. The van der Waals surface area contributed by atoms with E-state index >= 15 is 0 Å². The molecule has 0 bridgehead atoms. The maximum absolute atomic E-state index is 5.51. The molecule has 0 spiro atoms. The molecule has 0 saturated carbocycles. The summed E-state index contributed by atoms with van der Waals surface area (Å²) >= 11 is 5.21. The predicted molar refractivity (Wildman–Crippen MR) is 61.9 cm³/mol. The van der Waals surface area contributed by atoms with Gasteiger partial charge in [0.15, 0.2) is 0 Å². The fourth-order valence-electron chi connectivity index (χ4n) is 0.972.